The molecule has 3 rings (SSSR count). The number of nitrogen functional groups attached to an aromatic ring is 1. The van der Waals surface area contributed by atoms with Crippen molar-refractivity contribution < 1.29 is 4.52 Å². The summed E-state index contributed by atoms with van der Waals surface area (Å²) in [6, 6.07) is 15.7. The molecule has 0 aliphatic heterocycles. The fourth-order valence-electron chi connectivity index (χ4n) is 2.16. The Morgan fingerprint density at radius 1 is 1.09 bits per heavy atom. The second-order valence-corrected chi connectivity index (χ2v) is 5.14. The van der Waals surface area contributed by atoms with E-state index in [1.165, 1.54) is 5.56 Å². The lowest BCUT2D eigenvalue weighted by molar-refractivity contribution is 0.433. The highest BCUT2D eigenvalue weighted by atomic mass is 16.5. The Morgan fingerprint density at radius 2 is 1.87 bits per heavy atom. The van der Waals surface area contributed by atoms with Crippen molar-refractivity contribution in [3.8, 4) is 0 Å². The van der Waals surface area contributed by atoms with Crippen molar-refractivity contribution in [2.24, 2.45) is 5.10 Å². The number of aryl methyl sites for hydroxylation is 1. The maximum atomic E-state index is 5.53. The second kappa shape index (κ2) is 6.31. The molecule has 0 saturated heterocycles. The molecule has 0 saturated carbocycles. The number of hydrogen-bond acceptors (Lipinski definition) is 6. The molecule has 3 N–H and O–H groups in total. The van der Waals surface area contributed by atoms with Gasteiger partial charge in [-0.05, 0) is 31.0 Å². The number of aromatic nitrogens is 2. The van der Waals surface area contributed by atoms with Gasteiger partial charge < -0.3 is 10.3 Å². The fourth-order valence-corrected chi connectivity index (χ4v) is 2.16. The molecule has 116 valence electrons. The third-order valence-electron chi connectivity index (χ3n) is 3.59. The van der Waals surface area contributed by atoms with E-state index in [4.69, 9.17) is 10.3 Å². The van der Waals surface area contributed by atoms with E-state index in [1.54, 1.807) is 0 Å². The summed E-state index contributed by atoms with van der Waals surface area (Å²) in [5, 5.41) is 8.34. The number of rotatable bonds is 4. The Labute approximate surface area is 134 Å². The van der Waals surface area contributed by atoms with Gasteiger partial charge in [0.2, 0.25) is 5.82 Å². The Morgan fingerprint density at radius 3 is 2.57 bits per heavy atom. The first-order chi connectivity index (χ1) is 11.1. The molecule has 23 heavy (non-hydrogen) atoms. The SMILES string of the molecule is Cc1cccc(N/N=C(/c2ccccc2)c2noc(N)n2)c1C. The third kappa shape index (κ3) is 3.21. The van der Waals surface area contributed by atoms with Gasteiger partial charge in [0, 0.05) is 5.56 Å². The van der Waals surface area contributed by atoms with Crippen molar-refractivity contribution in [1.29, 1.82) is 0 Å². The van der Waals surface area contributed by atoms with E-state index in [1.807, 2.05) is 49.4 Å². The quantitative estimate of drug-likeness (QED) is 0.571. The van der Waals surface area contributed by atoms with Crippen molar-refractivity contribution in [2.45, 2.75) is 13.8 Å². The van der Waals surface area contributed by atoms with Crippen molar-refractivity contribution in [3.63, 3.8) is 0 Å². The maximum Gasteiger partial charge on any atom is 0.319 e. The zero-order chi connectivity index (χ0) is 16.2. The summed E-state index contributed by atoms with van der Waals surface area (Å²) in [5.74, 6) is 0.339. The molecule has 3 aromatic rings. The lowest BCUT2D eigenvalue weighted by Crippen LogP contribution is -2.09. The van der Waals surface area contributed by atoms with Crippen molar-refractivity contribution in [2.75, 3.05) is 11.2 Å². The molecule has 0 atom stereocenters. The molecule has 0 radical (unpaired) electrons. The first-order valence-corrected chi connectivity index (χ1v) is 7.20. The number of hydrogen-bond donors (Lipinski definition) is 2. The summed E-state index contributed by atoms with van der Waals surface area (Å²) < 4.78 is 4.87. The van der Waals surface area contributed by atoms with E-state index in [2.05, 4.69) is 33.7 Å². The third-order valence-corrected chi connectivity index (χ3v) is 3.59. The average molecular weight is 307 g/mol. The van der Waals surface area contributed by atoms with Crippen LogP contribution >= 0.6 is 0 Å². The van der Waals surface area contributed by atoms with Crippen LogP contribution in [-0.2, 0) is 0 Å². The normalized spacial score (nSPS) is 11.5. The van der Waals surface area contributed by atoms with Crippen LogP contribution in [0.1, 0.15) is 22.5 Å². The minimum absolute atomic E-state index is 0.00960. The predicted molar refractivity (Wildman–Crippen MR) is 90.3 cm³/mol. The van der Waals surface area contributed by atoms with E-state index >= 15 is 0 Å². The van der Waals surface area contributed by atoms with Gasteiger partial charge in [-0.1, -0.05) is 47.6 Å². The number of benzene rings is 2. The molecular formula is C17H17N5O. The minimum atomic E-state index is 0.00960. The van der Waals surface area contributed by atoms with Crippen LogP contribution in [0.25, 0.3) is 0 Å². The van der Waals surface area contributed by atoms with Gasteiger partial charge in [0.1, 0.15) is 5.71 Å². The Hall–Kier alpha value is -3.15. The van der Waals surface area contributed by atoms with Crippen molar-refractivity contribution in [1.82, 2.24) is 10.1 Å². The first-order valence-electron chi connectivity index (χ1n) is 7.20. The monoisotopic (exact) mass is 307 g/mol. The van der Waals surface area contributed by atoms with Gasteiger partial charge in [-0.15, -0.1) is 0 Å². The molecule has 0 aliphatic carbocycles. The zero-order valence-electron chi connectivity index (χ0n) is 12.9. The highest BCUT2D eigenvalue weighted by Crippen LogP contribution is 2.18. The summed E-state index contributed by atoms with van der Waals surface area (Å²) in [7, 11) is 0. The fraction of sp³-hybridized carbons (Fsp3) is 0.118. The second-order valence-electron chi connectivity index (χ2n) is 5.14. The van der Waals surface area contributed by atoms with Crippen LogP contribution in [0.4, 0.5) is 11.7 Å². The number of nitrogens with one attached hydrogen (secondary N) is 1. The van der Waals surface area contributed by atoms with E-state index in [-0.39, 0.29) is 6.01 Å². The smallest absolute Gasteiger partial charge is 0.319 e. The molecule has 0 aliphatic rings. The summed E-state index contributed by atoms with van der Waals surface area (Å²) >= 11 is 0. The lowest BCUT2D eigenvalue weighted by Gasteiger charge is -2.09. The number of anilines is 2. The van der Waals surface area contributed by atoms with Crippen molar-refractivity contribution >= 4 is 17.4 Å². The van der Waals surface area contributed by atoms with E-state index < -0.39 is 0 Å². The molecule has 0 bridgehead atoms. The van der Waals surface area contributed by atoms with Gasteiger partial charge in [0.15, 0.2) is 0 Å². The molecule has 1 aromatic heterocycles. The van der Waals surface area contributed by atoms with Gasteiger partial charge in [-0.2, -0.15) is 10.1 Å². The summed E-state index contributed by atoms with van der Waals surface area (Å²) in [5.41, 5.74) is 13.3. The van der Waals surface area contributed by atoms with Crippen LogP contribution < -0.4 is 11.2 Å². The van der Waals surface area contributed by atoms with E-state index in [9.17, 15) is 0 Å². The predicted octanol–water partition coefficient (Wildman–Crippen LogP) is 3.13. The number of nitrogens with zero attached hydrogens (tertiary/aromatic N) is 3. The zero-order valence-corrected chi connectivity index (χ0v) is 12.9. The minimum Gasteiger partial charge on any atom is -0.351 e. The van der Waals surface area contributed by atoms with Crippen LogP contribution in [0.2, 0.25) is 0 Å². The number of nitrogens with two attached hydrogens (primary N) is 1. The van der Waals surface area contributed by atoms with Gasteiger partial charge in [0.25, 0.3) is 0 Å². The molecule has 6 heteroatoms. The van der Waals surface area contributed by atoms with Crippen LogP contribution in [-0.4, -0.2) is 15.9 Å². The number of hydrazone groups is 1. The Balaban J connectivity index is 2.00. The van der Waals surface area contributed by atoms with Crippen LogP contribution in [0, 0.1) is 13.8 Å². The average Bonchev–Trinajstić information content (AvgIpc) is 2.99. The van der Waals surface area contributed by atoms with Crippen LogP contribution in [0.5, 0.6) is 0 Å². The summed E-state index contributed by atoms with van der Waals surface area (Å²) in [6.45, 7) is 4.10. The van der Waals surface area contributed by atoms with Crippen LogP contribution in [0.15, 0.2) is 58.2 Å². The van der Waals surface area contributed by atoms with Gasteiger partial charge in [-0.3, -0.25) is 5.43 Å². The highest BCUT2D eigenvalue weighted by Gasteiger charge is 2.14. The first kappa shape index (κ1) is 14.8. The molecule has 6 nitrogen and oxygen atoms in total. The molecular weight excluding hydrogens is 290 g/mol. The Kier molecular flexibility index (Phi) is 4.05. The van der Waals surface area contributed by atoms with Gasteiger partial charge >= 0.3 is 6.01 Å². The molecule has 1 heterocycles. The summed E-state index contributed by atoms with van der Waals surface area (Å²) in [6.07, 6.45) is 0. The van der Waals surface area contributed by atoms with E-state index in [0.29, 0.717) is 11.5 Å². The van der Waals surface area contributed by atoms with Crippen LogP contribution in [0.3, 0.4) is 0 Å². The largest absolute Gasteiger partial charge is 0.351 e. The lowest BCUT2D eigenvalue weighted by atomic mass is 10.1. The molecule has 0 unspecified atom stereocenters. The topological polar surface area (TPSA) is 89.3 Å². The maximum absolute atomic E-state index is 5.53. The molecule has 0 amide bonds. The van der Waals surface area contributed by atoms with Gasteiger partial charge in [0.05, 0.1) is 5.69 Å². The standard InChI is InChI=1S/C17H17N5O/c1-11-7-6-10-14(12(11)2)20-21-15(13-8-4-3-5-9-13)16-19-17(18)23-22-16/h3-10,20H,1-2H3,(H2,18,19,22)/b21-15-. The molecule has 0 fully saturated rings. The molecule has 2 aromatic carbocycles. The Bertz CT molecular complexity index is 839. The van der Waals surface area contributed by atoms with Crippen molar-refractivity contribution in [3.05, 3.63) is 71.0 Å². The van der Waals surface area contributed by atoms with E-state index in [0.717, 1.165) is 16.8 Å². The highest BCUT2D eigenvalue weighted by molar-refractivity contribution is 6.10. The summed E-state index contributed by atoms with van der Waals surface area (Å²) in [4.78, 5) is 4.07. The van der Waals surface area contributed by atoms with Gasteiger partial charge in [-0.25, -0.2) is 0 Å². The molecule has 0 spiro atoms.